The van der Waals surface area contributed by atoms with E-state index in [9.17, 15) is 9.90 Å². The van der Waals surface area contributed by atoms with E-state index in [1.54, 1.807) is 0 Å². The van der Waals surface area contributed by atoms with Crippen molar-refractivity contribution >= 4 is 5.97 Å². The van der Waals surface area contributed by atoms with Gasteiger partial charge in [0, 0.05) is 13.0 Å². The molecule has 1 unspecified atom stereocenters. The van der Waals surface area contributed by atoms with E-state index in [4.69, 9.17) is 9.47 Å². The van der Waals surface area contributed by atoms with Gasteiger partial charge in [-0.1, -0.05) is 175 Å². The third-order valence-electron chi connectivity index (χ3n) is 8.89. The fourth-order valence-electron chi connectivity index (χ4n) is 5.65. The Labute approximate surface area is 328 Å². The Hall–Kier alpha value is -2.69. The second-order valence-corrected chi connectivity index (χ2v) is 14.0. The van der Waals surface area contributed by atoms with Gasteiger partial charge in [0.1, 0.15) is 6.10 Å². The maximum Gasteiger partial charge on any atom is 0.306 e. The van der Waals surface area contributed by atoms with Crippen LogP contribution in [0.1, 0.15) is 181 Å². The smallest absolute Gasteiger partial charge is 0.306 e. The highest BCUT2D eigenvalue weighted by atomic mass is 16.6. The van der Waals surface area contributed by atoms with Crippen LogP contribution in [0, 0.1) is 0 Å². The summed E-state index contributed by atoms with van der Waals surface area (Å²) in [6.07, 6.45) is 64.6. The third kappa shape index (κ3) is 43.6. The van der Waals surface area contributed by atoms with Crippen molar-refractivity contribution in [2.75, 3.05) is 19.8 Å². The minimum absolute atomic E-state index is 0.188. The predicted octanol–water partition coefficient (Wildman–Crippen LogP) is 14.5. The fourth-order valence-corrected chi connectivity index (χ4v) is 5.65. The molecule has 0 aliphatic rings. The summed E-state index contributed by atoms with van der Waals surface area (Å²) in [6.45, 7) is 5.15. The van der Waals surface area contributed by atoms with Crippen LogP contribution in [0.4, 0.5) is 0 Å². The number of carbonyl (C=O) groups is 1. The van der Waals surface area contributed by atoms with Gasteiger partial charge in [0.2, 0.25) is 0 Å². The summed E-state index contributed by atoms with van der Waals surface area (Å²) < 4.78 is 11.1. The first-order chi connectivity index (χ1) is 26.2. The molecule has 0 heterocycles. The molecule has 0 aliphatic heterocycles. The van der Waals surface area contributed by atoms with Crippen molar-refractivity contribution in [3.05, 3.63) is 97.2 Å². The lowest BCUT2D eigenvalue weighted by molar-refractivity contribution is -0.154. The summed E-state index contributed by atoms with van der Waals surface area (Å²) in [7, 11) is 0. The van der Waals surface area contributed by atoms with Crippen molar-refractivity contribution in [2.24, 2.45) is 0 Å². The van der Waals surface area contributed by atoms with Crippen molar-refractivity contribution < 1.29 is 19.4 Å². The number of unbranched alkanes of at least 4 members (excludes halogenated alkanes) is 15. The minimum atomic E-state index is -0.554. The van der Waals surface area contributed by atoms with Gasteiger partial charge in [-0.2, -0.15) is 0 Å². The van der Waals surface area contributed by atoms with E-state index in [0.717, 1.165) is 83.5 Å². The van der Waals surface area contributed by atoms with Gasteiger partial charge in [-0.05, 0) is 96.3 Å². The van der Waals surface area contributed by atoms with E-state index in [0.29, 0.717) is 13.0 Å². The molecule has 4 heteroatoms. The number of ether oxygens (including phenoxy) is 2. The first kappa shape index (κ1) is 50.3. The topological polar surface area (TPSA) is 55.8 Å². The lowest BCUT2D eigenvalue weighted by atomic mass is 10.1. The van der Waals surface area contributed by atoms with Gasteiger partial charge in [0.15, 0.2) is 0 Å². The molecule has 0 radical (unpaired) electrons. The molecule has 0 fully saturated rings. The Morgan fingerprint density at radius 2 is 0.849 bits per heavy atom. The summed E-state index contributed by atoms with van der Waals surface area (Å²) in [6, 6.07) is 0. The van der Waals surface area contributed by atoms with Crippen LogP contribution in [0.15, 0.2) is 97.2 Å². The van der Waals surface area contributed by atoms with Crippen molar-refractivity contribution in [2.45, 2.75) is 187 Å². The molecule has 4 nitrogen and oxygen atoms in total. The number of rotatable bonds is 39. The number of aliphatic hydroxyl groups excluding tert-OH is 1. The average molecular weight is 735 g/mol. The summed E-state index contributed by atoms with van der Waals surface area (Å²) in [5.41, 5.74) is 0. The monoisotopic (exact) mass is 735 g/mol. The summed E-state index contributed by atoms with van der Waals surface area (Å²) in [4.78, 5) is 12.2. The predicted molar refractivity (Wildman–Crippen MR) is 232 cm³/mol. The van der Waals surface area contributed by atoms with Crippen LogP contribution in [0.2, 0.25) is 0 Å². The van der Waals surface area contributed by atoms with Gasteiger partial charge < -0.3 is 14.6 Å². The Morgan fingerprint density at radius 1 is 0.472 bits per heavy atom. The molecule has 0 saturated heterocycles. The SMILES string of the molecule is CC/C=C\C/C=C\C/C=C\C/C=C\C/C=C\C/C=C\CCCCCCCCCOCC(CO)OC(=O)CCCCCCC/C=C\C/C=C\CCCCC. The van der Waals surface area contributed by atoms with Crippen LogP contribution in [-0.4, -0.2) is 37.0 Å². The van der Waals surface area contributed by atoms with Crippen molar-refractivity contribution in [1.82, 2.24) is 0 Å². The molecule has 0 saturated carbocycles. The van der Waals surface area contributed by atoms with Crippen LogP contribution < -0.4 is 0 Å². The molecule has 0 amide bonds. The molecule has 0 aliphatic carbocycles. The van der Waals surface area contributed by atoms with E-state index in [2.05, 4.69) is 111 Å². The van der Waals surface area contributed by atoms with Crippen molar-refractivity contribution in [3.63, 3.8) is 0 Å². The number of esters is 1. The second kappa shape index (κ2) is 45.5. The lowest BCUT2D eigenvalue weighted by Gasteiger charge is -2.15. The zero-order valence-electron chi connectivity index (χ0n) is 34.5. The molecule has 302 valence electrons. The Morgan fingerprint density at radius 3 is 1.28 bits per heavy atom. The maximum atomic E-state index is 12.2. The Balaban J connectivity index is 3.53. The molecule has 0 aromatic heterocycles. The van der Waals surface area contributed by atoms with E-state index in [-0.39, 0.29) is 19.2 Å². The first-order valence-electron chi connectivity index (χ1n) is 21.8. The Kier molecular flexibility index (Phi) is 43.2. The zero-order valence-corrected chi connectivity index (χ0v) is 34.5. The van der Waals surface area contributed by atoms with Gasteiger partial charge in [-0.3, -0.25) is 4.79 Å². The number of hydrogen-bond acceptors (Lipinski definition) is 4. The van der Waals surface area contributed by atoms with Gasteiger partial charge in [0.05, 0.1) is 13.2 Å². The first-order valence-corrected chi connectivity index (χ1v) is 21.8. The number of aliphatic hydroxyl groups is 1. The highest BCUT2D eigenvalue weighted by molar-refractivity contribution is 5.69. The number of allylic oxidation sites excluding steroid dienone is 16. The molecular formula is C49H82O4. The van der Waals surface area contributed by atoms with Crippen molar-refractivity contribution in [1.29, 1.82) is 0 Å². The lowest BCUT2D eigenvalue weighted by Crippen LogP contribution is -2.27. The maximum absolute atomic E-state index is 12.2. The molecule has 53 heavy (non-hydrogen) atoms. The van der Waals surface area contributed by atoms with Crippen LogP contribution in [-0.2, 0) is 14.3 Å². The van der Waals surface area contributed by atoms with Gasteiger partial charge in [0.25, 0.3) is 0 Å². The number of carbonyl (C=O) groups excluding carboxylic acids is 1. The molecule has 1 atom stereocenters. The van der Waals surface area contributed by atoms with E-state index < -0.39 is 6.10 Å². The minimum Gasteiger partial charge on any atom is -0.457 e. The highest BCUT2D eigenvalue weighted by Crippen LogP contribution is 2.11. The molecule has 1 N–H and O–H groups in total. The van der Waals surface area contributed by atoms with Crippen LogP contribution in [0.5, 0.6) is 0 Å². The Bertz CT molecular complexity index is 996. The zero-order chi connectivity index (χ0) is 38.4. The van der Waals surface area contributed by atoms with Crippen LogP contribution >= 0.6 is 0 Å². The largest absolute Gasteiger partial charge is 0.457 e. The molecule has 0 aromatic rings. The molecule has 0 spiro atoms. The van der Waals surface area contributed by atoms with Gasteiger partial charge in [-0.25, -0.2) is 0 Å². The van der Waals surface area contributed by atoms with Crippen molar-refractivity contribution in [3.8, 4) is 0 Å². The molecule has 0 bridgehead atoms. The molecule has 0 aromatic carbocycles. The van der Waals surface area contributed by atoms with Crippen LogP contribution in [0.3, 0.4) is 0 Å². The van der Waals surface area contributed by atoms with Gasteiger partial charge in [-0.15, -0.1) is 0 Å². The van der Waals surface area contributed by atoms with E-state index in [1.807, 2.05) is 0 Å². The van der Waals surface area contributed by atoms with E-state index in [1.165, 1.54) is 77.0 Å². The summed E-state index contributed by atoms with van der Waals surface area (Å²) in [5.74, 6) is -0.223. The third-order valence-corrected chi connectivity index (χ3v) is 8.89. The van der Waals surface area contributed by atoms with E-state index >= 15 is 0 Å². The fraction of sp³-hybridized carbons (Fsp3) is 0.653. The molecule has 0 rings (SSSR count). The van der Waals surface area contributed by atoms with Gasteiger partial charge >= 0.3 is 5.97 Å². The highest BCUT2D eigenvalue weighted by Gasteiger charge is 2.13. The number of hydrogen-bond donors (Lipinski definition) is 1. The summed E-state index contributed by atoms with van der Waals surface area (Å²) >= 11 is 0. The summed E-state index contributed by atoms with van der Waals surface area (Å²) in [5, 5.41) is 9.60. The molecular weight excluding hydrogens is 653 g/mol. The normalized spacial score (nSPS) is 13.3. The second-order valence-electron chi connectivity index (χ2n) is 14.0. The quantitative estimate of drug-likeness (QED) is 0.0388. The van der Waals surface area contributed by atoms with Crippen LogP contribution in [0.25, 0.3) is 0 Å². The average Bonchev–Trinajstić information content (AvgIpc) is 3.16. The standard InChI is InChI=1S/C49H82O4/c1-3-5-7-9-11-13-15-17-19-20-21-22-23-24-25-26-27-28-29-31-33-35-37-39-41-43-45-52-47-48(46-50)53-49(51)44-42-40-38-36-34-32-30-18-16-14-12-10-8-6-4-2/h5,7,11-14,17-19,21-22,24-25,27-28,30,48,50H,3-4,6,8-10,15-16,20,23,26,29,31-47H2,1-2H3/b7-5-,13-11-,14-12-,19-17-,22-21-,25-24-,28-27-,30-18-.